The van der Waals surface area contributed by atoms with E-state index < -0.39 is 11.6 Å². The molecular formula is C24H33BrN4O3. The highest BCUT2D eigenvalue weighted by Gasteiger charge is 2.45. The van der Waals surface area contributed by atoms with E-state index in [0.717, 1.165) is 23.7 Å². The first-order valence-corrected chi connectivity index (χ1v) is 12.1. The number of carbonyl (C=O) groups excluding carboxylic acids is 1. The molecule has 174 valence electrons. The average Bonchev–Trinajstić information content (AvgIpc) is 3.19. The number of alkyl halides is 1. The van der Waals surface area contributed by atoms with Gasteiger partial charge in [-0.05, 0) is 64.2 Å². The molecule has 2 aromatic rings. The molecule has 0 bridgehead atoms. The number of nitrogens with two attached hydrogens (primary N) is 1. The molecule has 5 N–H and O–H groups in total. The fourth-order valence-electron chi connectivity index (χ4n) is 4.82. The first-order chi connectivity index (χ1) is 15.1. The number of hydrogen-bond donors (Lipinski definition) is 4. The summed E-state index contributed by atoms with van der Waals surface area (Å²) in [5.41, 5.74) is 7.00. The SMILES string of the molecule is CC1(NCC(O)COc2cccc3[nH]c(C#N)cc23)CCC(C(C)(C)N)C(C(=O)CBr)C1. The van der Waals surface area contributed by atoms with E-state index in [-0.39, 0.29) is 29.8 Å². The monoisotopic (exact) mass is 504 g/mol. The van der Waals surface area contributed by atoms with Crippen molar-refractivity contribution < 1.29 is 14.6 Å². The summed E-state index contributed by atoms with van der Waals surface area (Å²) in [6.45, 7) is 6.58. The molecule has 1 aliphatic carbocycles. The Morgan fingerprint density at radius 3 is 2.94 bits per heavy atom. The van der Waals surface area contributed by atoms with E-state index in [9.17, 15) is 9.90 Å². The average molecular weight is 505 g/mol. The van der Waals surface area contributed by atoms with Gasteiger partial charge in [-0.25, -0.2) is 0 Å². The zero-order valence-electron chi connectivity index (χ0n) is 19.0. The molecule has 0 saturated heterocycles. The van der Waals surface area contributed by atoms with Crippen molar-refractivity contribution in [1.82, 2.24) is 10.3 Å². The lowest BCUT2D eigenvalue weighted by molar-refractivity contribution is -0.125. The zero-order valence-corrected chi connectivity index (χ0v) is 20.5. The van der Waals surface area contributed by atoms with Gasteiger partial charge in [-0.3, -0.25) is 4.79 Å². The lowest BCUT2D eigenvalue weighted by atomic mass is 9.63. The number of Topliss-reactive ketones (excluding diaryl/α,β-unsaturated/α-hetero) is 1. The minimum absolute atomic E-state index is 0.116. The Bertz CT molecular complexity index is 993. The van der Waals surface area contributed by atoms with Crippen LogP contribution in [0.4, 0.5) is 0 Å². The molecule has 4 atom stereocenters. The van der Waals surface area contributed by atoms with Crippen molar-refractivity contribution in [3.63, 3.8) is 0 Å². The van der Waals surface area contributed by atoms with E-state index in [1.54, 1.807) is 6.07 Å². The van der Waals surface area contributed by atoms with E-state index in [1.165, 1.54) is 0 Å². The van der Waals surface area contributed by atoms with Crippen molar-refractivity contribution in [3.05, 3.63) is 30.0 Å². The number of hydrogen-bond acceptors (Lipinski definition) is 6. The van der Waals surface area contributed by atoms with Gasteiger partial charge in [-0.1, -0.05) is 22.0 Å². The van der Waals surface area contributed by atoms with Crippen molar-refractivity contribution in [2.24, 2.45) is 17.6 Å². The van der Waals surface area contributed by atoms with Crippen LogP contribution in [-0.4, -0.2) is 51.5 Å². The van der Waals surface area contributed by atoms with E-state index in [4.69, 9.17) is 15.7 Å². The molecule has 4 unspecified atom stereocenters. The van der Waals surface area contributed by atoms with Gasteiger partial charge in [0.1, 0.15) is 36.0 Å². The maximum atomic E-state index is 12.6. The zero-order chi connectivity index (χ0) is 23.5. The smallest absolute Gasteiger partial charge is 0.146 e. The van der Waals surface area contributed by atoms with Crippen LogP contribution in [0.1, 0.15) is 45.7 Å². The third-order valence-corrected chi connectivity index (χ3v) is 7.16. The second-order valence-corrected chi connectivity index (χ2v) is 10.4. The number of nitriles is 1. The first kappa shape index (κ1) is 24.7. The number of fused-ring (bicyclic) bond motifs is 1. The largest absolute Gasteiger partial charge is 0.490 e. The number of aliphatic hydroxyl groups excluding tert-OH is 1. The van der Waals surface area contributed by atoms with E-state index in [2.05, 4.69) is 39.2 Å². The number of aromatic amines is 1. The van der Waals surface area contributed by atoms with Gasteiger partial charge in [0.2, 0.25) is 0 Å². The molecule has 7 nitrogen and oxygen atoms in total. The number of ketones is 1. The van der Waals surface area contributed by atoms with Gasteiger partial charge in [0.25, 0.3) is 0 Å². The minimum atomic E-state index is -0.717. The third-order valence-electron chi connectivity index (χ3n) is 6.60. The molecule has 0 amide bonds. The minimum Gasteiger partial charge on any atom is -0.490 e. The number of H-pyrrole nitrogens is 1. The number of aliphatic hydroxyl groups is 1. The molecule has 1 saturated carbocycles. The van der Waals surface area contributed by atoms with Gasteiger partial charge in [0.05, 0.1) is 10.8 Å². The number of aromatic nitrogens is 1. The molecule has 1 aromatic heterocycles. The maximum Gasteiger partial charge on any atom is 0.146 e. The molecule has 0 radical (unpaired) electrons. The van der Waals surface area contributed by atoms with Gasteiger partial charge in [-0.2, -0.15) is 5.26 Å². The molecule has 3 rings (SSSR count). The van der Waals surface area contributed by atoms with Crippen LogP contribution < -0.4 is 15.8 Å². The summed E-state index contributed by atoms with van der Waals surface area (Å²) in [5.74, 6) is 0.825. The number of rotatable bonds is 9. The van der Waals surface area contributed by atoms with Gasteiger partial charge in [0, 0.05) is 28.9 Å². The number of ether oxygens (including phenoxy) is 1. The highest BCUT2D eigenvalue weighted by molar-refractivity contribution is 9.09. The summed E-state index contributed by atoms with van der Waals surface area (Å²) in [7, 11) is 0. The summed E-state index contributed by atoms with van der Waals surface area (Å²) in [6.07, 6.45) is 1.72. The van der Waals surface area contributed by atoms with Gasteiger partial charge >= 0.3 is 0 Å². The third kappa shape index (κ3) is 5.70. The fraction of sp³-hybridized carbons (Fsp3) is 0.583. The van der Waals surface area contributed by atoms with Crippen molar-refractivity contribution in [3.8, 4) is 11.8 Å². The van der Waals surface area contributed by atoms with Crippen molar-refractivity contribution >= 4 is 32.6 Å². The highest BCUT2D eigenvalue weighted by Crippen LogP contribution is 2.41. The summed E-state index contributed by atoms with van der Waals surface area (Å²) in [4.78, 5) is 15.6. The van der Waals surface area contributed by atoms with Crippen LogP contribution in [-0.2, 0) is 4.79 Å². The Labute approximate surface area is 197 Å². The quantitative estimate of drug-likeness (QED) is 0.388. The molecular weight excluding hydrogens is 472 g/mol. The Balaban J connectivity index is 1.58. The molecule has 8 heteroatoms. The lowest BCUT2D eigenvalue weighted by Crippen LogP contribution is -2.57. The second kappa shape index (κ2) is 9.92. The molecule has 1 heterocycles. The Morgan fingerprint density at radius 2 is 2.28 bits per heavy atom. The normalized spacial score (nSPS) is 24.8. The predicted molar refractivity (Wildman–Crippen MR) is 129 cm³/mol. The second-order valence-electron chi connectivity index (χ2n) is 9.80. The maximum absolute atomic E-state index is 12.6. The van der Waals surface area contributed by atoms with Crippen LogP contribution in [0.15, 0.2) is 24.3 Å². The summed E-state index contributed by atoms with van der Waals surface area (Å²) < 4.78 is 5.85. The highest BCUT2D eigenvalue weighted by atomic mass is 79.9. The summed E-state index contributed by atoms with van der Waals surface area (Å²) in [6, 6.07) is 9.39. The fourth-order valence-corrected chi connectivity index (χ4v) is 5.23. The molecule has 0 spiro atoms. The van der Waals surface area contributed by atoms with Gasteiger partial charge in [-0.15, -0.1) is 0 Å². The van der Waals surface area contributed by atoms with Crippen LogP contribution in [0.3, 0.4) is 0 Å². The van der Waals surface area contributed by atoms with Crippen LogP contribution in [0.25, 0.3) is 10.9 Å². The van der Waals surface area contributed by atoms with Crippen LogP contribution in [0, 0.1) is 23.2 Å². The molecule has 32 heavy (non-hydrogen) atoms. The van der Waals surface area contributed by atoms with Gasteiger partial charge in [0.15, 0.2) is 0 Å². The number of carbonyl (C=O) groups is 1. The first-order valence-electron chi connectivity index (χ1n) is 11.0. The number of benzene rings is 1. The van der Waals surface area contributed by atoms with Crippen molar-refractivity contribution in [1.29, 1.82) is 5.26 Å². The van der Waals surface area contributed by atoms with Crippen LogP contribution in [0.5, 0.6) is 5.75 Å². The topological polar surface area (TPSA) is 124 Å². The molecule has 1 aromatic carbocycles. The van der Waals surface area contributed by atoms with Crippen molar-refractivity contribution in [2.75, 3.05) is 18.5 Å². The Hall–Kier alpha value is -1.92. The Kier molecular flexibility index (Phi) is 7.66. The molecule has 1 aliphatic rings. The number of β-amino-alcohol motifs (C(OH)–C–C–N with tert-alkyl or cyclic N) is 1. The molecule has 0 aliphatic heterocycles. The Morgan fingerprint density at radius 1 is 1.53 bits per heavy atom. The van der Waals surface area contributed by atoms with E-state index in [0.29, 0.717) is 29.7 Å². The predicted octanol–water partition coefficient (Wildman–Crippen LogP) is 3.25. The standard InChI is InChI=1S/C24H33BrN4O3/c1-23(2,27)19-7-8-24(3,10-18(19)21(31)11-25)28-13-16(30)14-32-22-6-4-5-20-17(22)9-15(12-26)29-20/h4-6,9,16,18-19,28-30H,7-8,10-11,13-14,27H2,1-3H3. The summed E-state index contributed by atoms with van der Waals surface area (Å²) >= 11 is 3.32. The number of halogens is 1. The van der Waals surface area contributed by atoms with E-state index >= 15 is 0 Å². The number of nitrogens with one attached hydrogen (secondary N) is 2. The lowest BCUT2D eigenvalue weighted by Gasteiger charge is -2.47. The molecule has 1 fully saturated rings. The van der Waals surface area contributed by atoms with Gasteiger partial charge < -0.3 is 25.9 Å². The van der Waals surface area contributed by atoms with Crippen molar-refractivity contribution in [2.45, 2.75) is 57.2 Å². The van der Waals surface area contributed by atoms with Crippen LogP contribution >= 0.6 is 15.9 Å². The number of nitrogens with zero attached hydrogens (tertiary/aromatic N) is 1. The van der Waals surface area contributed by atoms with Crippen LogP contribution in [0.2, 0.25) is 0 Å². The van der Waals surface area contributed by atoms with E-state index in [1.807, 2.05) is 32.0 Å². The summed E-state index contributed by atoms with van der Waals surface area (Å²) in [5, 5.41) is 24.3.